The molecule has 1 aliphatic heterocycles. The molecule has 1 aromatic carbocycles. The number of benzene rings is 1. The summed E-state index contributed by atoms with van der Waals surface area (Å²) in [7, 11) is 0. The summed E-state index contributed by atoms with van der Waals surface area (Å²) < 4.78 is 15.1. The number of nitrogens with zero attached hydrogens (tertiary/aromatic N) is 4. The fourth-order valence-electron chi connectivity index (χ4n) is 3.46. The third-order valence-electron chi connectivity index (χ3n) is 5.16. The largest absolute Gasteiger partial charge is 0.337 e. The van der Waals surface area contributed by atoms with Crippen LogP contribution in [0.1, 0.15) is 32.3 Å². The van der Waals surface area contributed by atoms with Crippen LogP contribution in [0.2, 0.25) is 5.02 Å². The predicted octanol–water partition coefficient (Wildman–Crippen LogP) is 3.47. The second-order valence-corrected chi connectivity index (χ2v) is 8.13. The molecule has 8 heteroatoms. The van der Waals surface area contributed by atoms with Gasteiger partial charge in [0, 0.05) is 42.8 Å². The Morgan fingerprint density at radius 3 is 2.74 bits per heavy atom. The number of hydrogen-bond donors (Lipinski definition) is 1. The molecule has 0 atom stereocenters. The van der Waals surface area contributed by atoms with Gasteiger partial charge in [0.1, 0.15) is 5.82 Å². The minimum atomic E-state index is -0.397. The zero-order valence-electron chi connectivity index (χ0n) is 15.7. The third kappa shape index (κ3) is 4.97. The molecule has 1 aliphatic rings. The zero-order chi connectivity index (χ0) is 19.4. The molecule has 0 spiro atoms. The van der Waals surface area contributed by atoms with E-state index >= 15 is 0 Å². The fourth-order valence-corrected chi connectivity index (χ4v) is 3.88. The Hall–Kier alpha value is -2.15. The van der Waals surface area contributed by atoms with Crippen LogP contribution in [0, 0.1) is 11.7 Å². The van der Waals surface area contributed by atoms with E-state index in [0.29, 0.717) is 17.5 Å². The first-order valence-corrected chi connectivity index (χ1v) is 9.55. The Labute approximate surface area is 163 Å². The van der Waals surface area contributed by atoms with Gasteiger partial charge in [0.2, 0.25) is 0 Å². The molecule has 0 unspecified atom stereocenters. The van der Waals surface area contributed by atoms with Crippen molar-refractivity contribution in [1.82, 2.24) is 25.2 Å². The van der Waals surface area contributed by atoms with E-state index in [0.717, 1.165) is 38.0 Å². The first-order valence-electron chi connectivity index (χ1n) is 9.17. The number of urea groups is 1. The molecule has 1 aromatic heterocycles. The van der Waals surface area contributed by atoms with Gasteiger partial charge in [-0.05, 0) is 36.5 Å². The van der Waals surface area contributed by atoms with Crippen molar-refractivity contribution in [2.75, 3.05) is 19.6 Å². The Morgan fingerprint density at radius 1 is 1.37 bits per heavy atom. The van der Waals surface area contributed by atoms with Crippen LogP contribution in [-0.4, -0.2) is 45.6 Å². The maximum Gasteiger partial charge on any atom is 0.317 e. The molecule has 0 aliphatic carbocycles. The van der Waals surface area contributed by atoms with E-state index in [1.165, 1.54) is 12.1 Å². The minimum absolute atomic E-state index is 0.0690. The smallest absolute Gasteiger partial charge is 0.317 e. The molecule has 1 fully saturated rings. The van der Waals surface area contributed by atoms with Crippen LogP contribution < -0.4 is 5.32 Å². The first-order chi connectivity index (χ1) is 12.8. The minimum Gasteiger partial charge on any atom is -0.337 e. The summed E-state index contributed by atoms with van der Waals surface area (Å²) in [6, 6.07) is 4.31. The highest BCUT2D eigenvalue weighted by molar-refractivity contribution is 6.31. The number of nitrogens with one attached hydrogen (secondary N) is 1. The van der Waals surface area contributed by atoms with Crippen molar-refractivity contribution < 1.29 is 9.18 Å². The van der Waals surface area contributed by atoms with Crippen molar-refractivity contribution in [3.63, 3.8) is 0 Å². The van der Waals surface area contributed by atoms with Gasteiger partial charge in [-0.1, -0.05) is 36.7 Å². The van der Waals surface area contributed by atoms with Crippen molar-refractivity contribution in [2.45, 2.75) is 38.6 Å². The number of piperidine rings is 1. The highest BCUT2D eigenvalue weighted by Gasteiger charge is 2.27. The quantitative estimate of drug-likeness (QED) is 0.846. The number of aromatic nitrogens is 3. The van der Waals surface area contributed by atoms with E-state index in [2.05, 4.69) is 15.6 Å². The number of amides is 2. The van der Waals surface area contributed by atoms with Gasteiger partial charge in [-0.15, -0.1) is 5.10 Å². The lowest BCUT2D eigenvalue weighted by molar-refractivity contribution is 0.162. The SMILES string of the molecule is CC(C)(CNC(=O)N1CCC(Cn2ccnn2)CC1)c1ccc(F)cc1Cl. The summed E-state index contributed by atoms with van der Waals surface area (Å²) in [6.07, 6.45) is 5.43. The van der Waals surface area contributed by atoms with Crippen molar-refractivity contribution in [3.8, 4) is 0 Å². The van der Waals surface area contributed by atoms with Crippen LogP contribution in [-0.2, 0) is 12.0 Å². The first kappa shape index (κ1) is 19.6. The molecular weight excluding hydrogens is 369 g/mol. The zero-order valence-corrected chi connectivity index (χ0v) is 16.4. The van der Waals surface area contributed by atoms with E-state index in [1.54, 1.807) is 12.3 Å². The molecule has 27 heavy (non-hydrogen) atoms. The molecule has 0 saturated carbocycles. The highest BCUT2D eigenvalue weighted by Crippen LogP contribution is 2.30. The molecule has 3 rings (SSSR count). The van der Waals surface area contributed by atoms with Gasteiger partial charge in [-0.25, -0.2) is 9.18 Å². The molecule has 2 heterocycles. The normalized spacial score (nSPS) is 15.8. The van der Waals surface area contributed by atoms with Crippen molar-refractivity contribution in [3.05, 3.63) is 47.0 Å². The average Bonchev–Trinajstić information content (AvgIpc) is 3.13. The highest BCUT2D eigenvalue weighted by atomic mass is 35.5. The molecule has 0 radical (unpaired) electrons. The van der Waals surface area contributed by atoms with Crippen LogP contribution in [0.25, 0.3) is 0 Å². The molecule has 146 valence electrons. The van der Waals surface area contributed by atoms with Crippen molar-refractivity contribution in [2.24, 2.45) is 5.92 Å². The third-order valence-corrected chi connectivity index (χ3v) is 5.47. The standard InChI is InChI=1S/C19H25ClFN5O/c1-19(2,16-4-3-15(21)11-17(16)20)13-22-18(27)25-8-5-14(6-9-25)12-26-10-7-23-24-26/h3-4,7,10-11,14H,5-6,8-9,12-13H2,1-2H3,(H,22,27). The molecule has 6 nitrogen and oxygen atoms in total. The van der Waals surface area contributed by atoms with Crippen LogP contribution in [0.5, 0.6) is 0 Å². The number of rotatable bonds is 5. The van der Waals surface area contributed by atoms with E-state index in [-0.39, 0.29) is 11.8 Å². The Bertz CT molecular complexity index is 772. The molecule has 2 aromatic rings. The van der Waals surface area contributed by atoms with E-state index in [1.807, 2.05) is 29.6 Å². The maximum absolute atomic E-state index is 13.3. The summed E-state index contributed by atoms with van der Waals surface area (Å²) in [4.78, 5) is 14.4. The number of likely N-dealkylation sites (tertiary alicyclic amines) is 1. The molecular formula is C19H25ClFN5O. The second kappa shape index (κ2) is 8.25. The summed E-state index contributed by atoms with van der Waals surface area (Å²) in [5.41, 5.74) is 0.420. The van der Waals surface area contributed by atoms with E-state index in [9.17, 15) is 9.18 Å². The number of carbonyl (C=O) groups excluding carboxylic acids is 1. The predicted molar refractivity (Wildman–Crippen MR) is 102 cm³/mol. The van der Waals surface area contributed by atoms with Crippen molar-refractivity contribution in [1.29, 1.82) is 0 Å². The fraction of sp³-hybridized carbons (Fsp3) is 0.526. The van der Waals surface area contributed by atoms with Gasteiger partial charge in [-0.2, -0.15) is 0 Å². The molecule has 1 saturated heterocycles. The van der Waals surface area contributed by atoms with Crippen LogP contribution in [0.3, 0.4) is 0 Å². The summed E-state index contributed by atoms with van der Waals surface area (Å²) >= 11 is 6.18. The molecule has 0 bridgehead atoms. The van der Waals surface area contributed by atoms with Crippen molar-refractivity contribution >= 4 is 17.6 Å². The number of hydrogen-bond acceptors (Lipinski definition) is 3. The average molecular weight is 394 g/mol. The lowest BCUT2D eigenvalue weighted by atomic mass is 9.84. The van der Waals surface area contributed by atoms with E-state index < -0.39 is 5.41 Å². The van der Waals surface area contributed by atoms with E-state index in [4.69, 9.17) is 11.6 Å². The Morgan fingerprint density at radius 2 is 2.11 bits per heavy atom. The second-order valence-electron chi connectivity index (χ2n) is 7.72. The lowest BCUT2D eigenvalue weighted by Gasteiger charge is -2.33. The Balaban J connectivity index is 1.49. The number of halogens is 2. The van der Waals surface area contributed by atoms with Gasteiger partial charge in [0.15, 0.2) is 0 Å². The van der Waals surface area contributed by atoms with Crippen LogP contribution >= 0.6 is 11.6 Å². The van der Waals surface area contributed by atoms with Gasteiger partial charge in [-0.3, -0.25) is 4.68 Å². The molecule has 2 amide bonds. The maximum atomic E-state index is 13.3. The van der Waals surface area contributed by atoms with Gasteiger partial charge < -0.3 is 10.2 Å². The lowest BCUT2D eigenvalue weighted by Crippen LogP contribution is -2.48. The summed E-state index contributed by atoms with van der Waals surface area (Å²) in [5.74, 6) is 0.141. The summed E-state index contributed by atoms with van der Waals surface area (Å²) in [5, 5.41) is 11.2. The monoisotopic (exact) mass is 393 g/mol. The van der Waals surface area contributed by atoms with Crippen LogP contribution in [0.15, 0.2) is 30.6 Å². The number of carbonyl (C=O) groups is 1. The topological polar surface area (TPSA) is 63.1 Å². The molecule has 1 N–H and O–H groups in total. The van der Waals surface area contributed by atoms with Gasteiger partial charge in [0.05, 0.1) is 6.20 Å². The Kier molecular flexibility index (Phi) is 5.99. The summed E-state index contributed by atoms with van der Waals surface area (Å²) in [6.45, 7) is 6.68. The van der Waals surface area contributed by atoms with Gasteiger partial charge >= 0.3 is 6.03 Å². The van der Waals surface area contributed by atoms with Gasteiger partial charge in [0.25, 0.3) is 0 Å². The van der Waals surface area contributed by atoms with Crippen LogP contribution in [0.4, 0.5) is 9.18 Å².